The van der Waals surface area contributed by atoms with Crippen LogP contribution in [0, 0.1) is 5.92 Å². The first-order chi connectivity index (χ1) is 29.0. The van der Waals surface area contributed by atoms with Gasteiger partial charge in [0.25, 0.3) is 0 Å². The Balaban J connectivity index is 0.971. The quantitative estimate of drug-likeness (QED) is 0.133. The summed E-state index contributed by atoms with van der Waals surface area (Å²) >= 11 is 6.47. The average molecular weight is 800 g/mol. The topological polar surface area (TPSA) is 47.5 Å². The summed E-state index contributed by atoms with van der Waals surface area (Å²) in [4.78, 5) is 18.2. The number of piperidine rings is 2. The molecule has 7 aromatic rings. The van der Waals surface area contributed by atoms with Crippen LogP contribution in [0.15, 0.2) is 140 Å². The minimum absolute atomic E-state index is 0.135. The van der Waals surface area contributed by atoms with Crippen LogP contribution in [0.1, 0.15) is 56.7 Å². The van der Waals surface area contributed by atoms with Crippen molar-refractivity contribution in [3.63, 3.8) is 0 Å². The zero-order valence-electron chi connectivity index (χ0n) is 34.4. The molecule has 5 aromatic carbocycles. The van der Waals surface area contributed by atoms with Crippen LogP contribution in [-0.2, 0) is 0 Å². The highest BCUT2D eigenvalue weighted by Crippen LogP contribution is 2.38. The molecule has 0 radical (unpaired) electrons. The van der Waals surface area contributed by atoms with Gasteiger partial charge in [0, 0.05) is 77.1 Å². The van der Waals surface area contributed by atoms with Gasteiger partial charge in [-0.2, -0.15) is 0 Å². The van der Waals surface area contributed by atoms with Crippen LogP contribution in [0.25, 0.3) is 44.3 Å². The molecule has 1 unspecified atom stereocenters. The molecule has 2 saturated heterocycles. The highest BCUT2D eigenvalue weighted by Gasteiger charge is 2.29. The maximum absolute atomic E-state index is 6.47. The van der Waals surface area contributed by atoms with E-state index in [1.165, 1.54) is 47.2 Å². The summed E-state index contributed by atoms with van der Waals surface area (Å²) in [5.74, 6) is 0.758. The average Bonchev–Trinajstić information content (AvgIpc) is 3.29. The fraction of sp³-hybridized carbons (Fsp3) is 0.308. The molecule has 0 amide bonds. The maximum Gasteiger partial charge on any atom is 0.0745 e. The molecule has 0 aliphatic carbocycles. The normalized spacial score (nSPS) is 16.2. The number of anilines is 2. The molecule has 2 aromatic heterocycles. The Morgan fingerprint density at radius 2 is 1.29 bits per heavy atom. The van der Waals surface area contributed by atoms with Gasteiger partial charge >= 0.3 is 0 Å². The van der Waals surface area contributed by atoms with Crippen molar-refractivity contribution in [2.75, 3.05) is 56.0 Å². The number of pyridine rings is 2. The number of nitrogens with one attached hydrogen (secondary N) is 1. The van der Waals surface area contributed by atoms with Gasteiger partial charge in [-0.3, -0.25) is 4.90 Å². The molecule has 0 spiro atoms. The fourth-order valence-electron chi connectivity index (χ4n) is 9.49. The molecular weight excluding hydrogens is 744 g/mol. The van der Waals surface area contributed by atoms with Gasteiger partial charge in [0.2, 0.25) is 0 Å². The van der Waals surface area contributed by atoms with Crippen LogP contribution in [-0.4, -0.2) is 71.6 Å². The van der Waals surface area contributed by atoms with E-state index in [0.717, 1.165) is 97.1 Å². The van der Waals surface area contributed by atoms with Crippen molar-refractivity contribution in [2.45, 2.75) is 51.6 Å². The summed E-state index contributed by atoms with van der Waals surface area (Å²) in [5, 5.41) is 7.00. The zero-order chi connectivity index (χ0) is 40.1. The van der Waals surface area contributed by atoms with Gasteiger partial charge in [-0.25, -0.2) is 9.97 Å². The Hall–Kier alpha value is -5.27. The number of nitrogens with zero attached hydrogens (tertiary/aromatic N) is 5. The first kappa shape index (κ1) is 39.2. The number of fused-ring (bicyclic) bond motifs is 2. The standard InChI is InChI=1S/C52H55ClN6/c1-3-57(4-2)36-37-24-28-58(29-25-37)51-35-48(55-46-21-12-11-20-45(46)51)40-18-13-19-41(32-40)52(39-16-9-6-10-17-39)59-30-26-43(27-31-59)54-50-34-47(38-14-7-5-8-15-38)56-49-33-42(53)22-23-44(49)50/h5-23,32-35,37,43,52H,3-4,24-31,36H2,1-2H3,(H,54,56). The highest BCUT2D eigenvalue weighted by atomic mass is 35.5. The number of halogens is 1. The first-order valence-corrected chi connectivity index (χ1v) is 22.1. The van der Waals surface area contributed by atoms with Gasteiger partial charge in [0.15, 0.2) is 0 Å². The van der Waals surface area contributed by atoms with Gasteiger partial charge in [-0.15, -0.1) is 0 Å². The lowest BCUT2D eigenvalue weighted by molar-refractivity contribution is 0.179. The minimum Gasteiger partial charge on any atom is -0.382 e. The highest BCUT2D eigenvalue weighted by molar-refractivity contribution is 6.31. The SMILES string of the molecule is CCN(CC)CC1CCN(c2cc(-c3cccc(C(c4ccccc4)N4CCC(Nc5cc(-c6ccccc6)nc6cc(Cl)ccc56)CC4)c3)nc3ccccc23)CC1. The Morgan fingerprint density at radius 3 is 2.05 bits per heavy atom. The van der Waals surface area contributed by atoms with E-state index in [1.807, 2.05) is 18.2 Å². The molecule has 300 valence electrons. The molecule has 6 nitrogen and oxygen atoms in total. The summed E-state index contributed by atoms with van der Waals surface area (Å²) in [6.07, 6.45) is 4.52. The number of rotatable bonds is 12. The smallest absolute Gasteiger partial charge is 0.0745 e. The van der Waals surface area contributed by atoms with Crippen LogP contribution >= 0.6 is 11.6 Å². The second-order valence-corrected chi connectivity index (χ2v) is 16.9. The predicted octanol–water partition coefficient (Wildman–Crippen LogP) is 12.0. The summed E-state index contributed by atoms with van der Waals surface area (Å²) < 4.78 is 0. The van der Waals surface area contributed by atoms with E-state index in [2.05, 4.69) is 155 Å². The summed E-state index contributed by atoms with van der Waals surface area (Å²) in [7, 11) is 0. The Bertz CT molecular complexity index is 2490. The molecule has 2 fully saturated rings. The molecule has 4 heterocycles. The van der Waals surface area contributed by atoms with E-state index in [4.69, 9.17) is 21.6 Å². The summed E-state index contributed by atoms with van der Waals surface area (Å²) in [6, 6.07) is 50.4. The van der Waals surface area contributed by atoms with Crippen LogP contribution < -0.4 is 10.2 Å². The third kappa shape index (κ3) is 8.72. The molecule has 0 saturated carbocycles. The molecule has 1 N–H and O–H groups in total. The molecule has 2 aliphatic heterocycles. The van der Waals surface area contributed by atoms with Gasteiger partial charge in [0.1, 0.15) is 0 Å². The molecular formula is C52H55ClN6. The van der Waals surface area contributed by atoms with Crippen molar-refractivity contribution in [1.82, 2.24) is 19.8 Å². The lowest BCUT2D eigenvalue weighted by Crippen LogP contribution is -2.41. The number of para-hydroxylation sites is 1. The fourth-order valence-corrected chi connectivity index (χ4v) is 9.65. The summed E-state index contributed by atoms with van der Waals surface area (Å²) in [5.41, 5.74) is 11.3. The Kier molecular flexibility index (Phi) is 11.9. The predicted molar refractivity (Wildman–Crippen MR) is 249 cm³/mol. The van der Waals surface area contributed by atoms with E-state index < -0.39 is 0 Å². The lowest BCUT2D eigenvalue weighted by atomic mass is 9.92. The lowest BCUT2D eigenvalue weighted by Gasteiger charge is -2.39. The minimum atomic E-state index is 0.135. The van der Waals surface area contributed by atoms with Gasteiger partial charge < -0.3 is 15.1 Å². The molecule has 9 rings (SSSR count). The first-order valence-electron chi connectivity index (χ1n) is 21.7. The van der Waals surface area contributed by atoms with Gasteiger partial charge in [-0.1, -0.05) is 123 Å². The van der Waals surface area contributed by atoms with Crippen molar-refractivity contribution in [3.8, 4) is 22.5 Å². The van der Waals surface area contributed by atoms with Crippen LogP contribution in [0.3, 0.4) is 0 Å². The van der Waals surface area contributed by atoms with Gasteiger partial charge in [-0.05, 0) is 98.3 Å². The van der Waals surface area contributed by atoms with E-state index in [1.54, 1.807) is 0 Å². The number of hydrogen-bond acceptors (Lipinski definition) is 6. The van der Waals surface area contributed by atoms with Crippen molar-refractivity contribution in [3.05, 3.63) is 156 Å². The van der Waals surface area contributed by atoms with Crippen LogP contribution in [0.4, 0.5) is 11.4 Å². The zero-order valence-corrected chi connectivity index (χ0v) is 35.2. The number of benzene rings is 5. The third-order valence-corrected chi connectivity index (χ3v) is 13.0. The van der Waals surface area contributed by atoms with Crippen molar-refractivity contribution < 1.29 is 0 Å². The molecule has 59 heavy (non-hydrogen) atoms. The van der Waals surface area contributed by atoms with Crippen molar-refractivity contribution in [2.24, 2.45) is 5.92 Å². The van der Waals surface area contributed by atoms with E-state index in [0.29, 0.717) is 11.1 Å². The Labute approximate surface area is 354 Å². The second-order valence-electron chi connectivity index (χ2n) is 16.4. The largest absolute Gasteiger partial charge is 0.382 e. The summed E-state index contributed by atoms with van der Waals surface area (Å²) in [6.45, 7) is 12.2. The van der Waals surface area contributed by atoms with Gasteiger partial charge in [0.05, 0.1) is 28.5 Å². The van der Waals surface area contributed by atoms with Crippen LogP contribution in [0.2, 0.25) is 5.02 Å². The number of aromatic nitrogens is 2. The van der Waals surface area contributed by atoms with Crippen LogP contribution in [0.5, 0.6) is 0 Å². The Morgan fingerprint density at radius 1 is 0.627 bits per heavy atom. The maximum atomic E-state index is 6.47. The second kappa shape index (κ2) is 17.9. The molecule has 1 atom stereocenters. The molecule has 7 heteroatoms. The monoisotopic (exact) mass is 798 g/mol. The molecule has 0 bridgehead atoms. The van der Waals surface area contributed by atoms with E-state index >= 15 is 0 Å². The van der Waals surface area contributed by atoms with Crippen molar-refractivity contribution >= 4 is 44.8 Å². The van der Waals surface area contributed by atoms with Crippen molar-refractivity contribution in [1.29, 1.82) is 0 Å². The number of hydrogen-bond donors (Lipinski definition) is 1. The molecule has 2 aliphatic rings. The number of likely N-dealkylation sites (tertiary alicyclic amines) is 1. The third-order valence-electron chi connectivity index (χ3n) is 12.8. The van der Waals surface area contributed by atoms with E-state index in [-0.39, 0.29) is 6.04 Å². The van der Waals surface area contributed by atoms with E-state index in [9.17, 15) is 0 Å².